The third-order valence-electron chi connectivity index (χ3n) is 5.28. The van der Waals surface area contributed by atoms with Crippen LogP contribution in [0.4, 0.5) is 11.5 Å². The maximum Gasteiger partial charge on any atom is 0.170 e. The molecule has 0 spiro atoms. The lowest BCUT2D eigenvalue weighted by Crippen LogP contribution is -2.42. The predicted octanol–water partition coefficient (Wildman–Crippen LogP) is 2.26. The maximum atomic E-state index is 5.40. The van der Waals surface area contributed by atoms with E-state index in [0.29, 0.717) is 5.11 Å². The Bertz CT molecular complexity index is 792. The molecule has 4 rings (SSSR count). The second-order valence-corrected chi connectivity index (χ2v) is 7.59. The molecule has 6 nitrogen and oxygen atoms in total. The number of aromatic nitrogens is 1. The summed E-state index contributed by atoms with van der Waals surface area (Å²) in [6.07, 6.45) is 2.92. The molecule has 2 aliphatic heterocycles. The minimum atomic E-state index is 0.634. The molecule has 1 fully saturated rings. The fraction of sp³-hybridized carbons (Fsp3) is 0.429. The highest BCUT2D eigenvalue weighted by molar-refractivity contribution is 7.80. The monoisotopic (exact) mass is 397 g/mol. The lowest BCUT2D eigenvalue weighted by molar-refractivity contribution is 0.0389. The van der Waals surface area contributed by atoms with E-state index < -0.39 is 0 Å². The van der Waals surface area contributed by atoms with Gasteiger partial charge in [-0.2, -0.15) is 0 Å². The molecule has 0 atom stereocenters. The Kier molecular flexibility index (Phi) is 6.36. The molecule has 7 heteroatoms. The number of nitrogens with one attached hydrogen (secondary N) is 2. The van der Waals surface area contributed by atoms with Gasteiger partial charge >= 0.3 is 0 Å². The van der Waals surface area contributed by atoms with Crippen LogP contribution in [0.15, 0.2) is 42.6 Å². The van der Waals surface area contributed by atoms with Gasteiger partial charge in [0, 0.05) is 39.3 Å². The molecule has 1 saturated heterocycles. The number of thiocarbonyl (C=S) groups is 1. The second kappa shape index (κ2) is 9.32. The smallest absolute Gasteiger partial charge is 0.170 e. The average molecular weight is 398 g/mol. The molecule has 0 aliphatic carbocycles. The fourth-order valence-electron chi connectivity index (χ4n) is 3.67. The summed E-state index contributed by atoms with van der Waals surface area (Å²) in [4.78, 5) is 9.34. The van der Waals surface area contributed by atoms with Crippen LogP contribution in [0.25, 0.3) is 0 Å². The molecule has 2 aromatic rings. The molecule has 3 heterocycles. The van der Waals surface area contributed by atoms with Crippen molar-refractivity contribution in [3.05, 3.63) is 53.7 Å². The summed E-state index contributed by atoms with van der Waals surface area (Å²) in [6.45, 7) is 7.34. The molecule has 0 saturated carbocycles. The van der Waals surface area contributed by atoms with E-state index >= 15 is 0 Å². The van der Waals surface area contributed by atoms with Crippen molar-refractivity contribution < 1.29 is 4.74 Å². The lowest BCUT2D eigenvalue weighted by Gasteiger charge is -2.29. The molecule has 2 aliphatic rings. The highest BCUT2D eigenvalue weighted by Gasteiger charge is 2.17. The van der Waals surface area contributed by atoms with Crippen molar-refractivity contribution in [3.8, 4) is 0 Å². The van der Waals surface area contributed by atoms with Crippen molar-refractivity contribution >= 4 is 28.8 Å². The van der Waals surface area contributed by atoms with E-state index in [1.807, 2.05) is 12.3 Å². The second-order valence-electron chi connectivity index (χ2n) is 7.18. The summed E-state index contributed by atoms with van der Waals surface area (Å²) in [7, 11) is 0. The Balaban J connectivity index is 1.25. The van der Waals surface area contributed by atoms with Crippen molar-refractivity contribution in [2.75, 3.05) is 56.2 Å². The highest BCUT2D eigenvalue weighted by Crippen LogP contribution is 2.23. The minimum Gasteiger partial charge on any atom is -0.379 e. The first kappa shape index (κ1) is 19.1. The third kappa shape index (κ3) is 4.98. The first-order chi connectivity index (χ1) is 13.8. The van der Waals surface area contributed by atoms with Gasteiger partial charge in [-0.25, -0.2) is 4.98 Å². The van der Waals surface area contributed by atoms with Gasteiger partial charge in [0.25, 0.3) is 0 Å². The zero-order valence-corrected chi connectivity index (χ0v) is 16.9. The number of nitrogens with zero attached hydrogens (tertiary/aromatic N) is 3. The fourth-order valence-corrected chi connectivity index (χ4v) is 3.89. The van der Waals surface area contributed by atoms with Crippen LogP contribution in [0.2, 0.25) is 0 Å². The molecular weight excluding hydrogens is 370 g/mol. The molecule has 0 unspecified atom stereocenters. The maximum absolute atomic E-state index is 5.40. The van der Waals surface area contributed by atoms with Gasteiger partial charge in [0.15, 0.2) is 5.11 Å². The van der Waals surface area contributed by atoms with Crippen molar-refractivity contribution in [3.63, 3.8) is 0 Å². The number of anilines is 2. The van der Waals surface area contributed by atoms with Gasteiger partial charge in [0.05, 0.1) is 25.1 Å². The Hall–Kier alpha value is -2.22. The Morgan fingerprint density at radius 3 is 2.68 bits per heavy atom. The van der Waals surface area contributed by atoms with Crippen molar-refractivity contribution in [2.45, 2.75) is 13.0 Å². The van der Waals surface area contributed by atoms with E-state index in [1.54, 1.807) is 0 Å². The molecule has 1 aromatic heterocycles. The molecular formula is C21H27N5OS. The molecule has 2 N–H and O–H groups in total. The van der Waals surface area contributed by atoms with Crippen LogP contribution in [0.5, 0.6) is 0 Å². The summed E-state index contributed by atoms with van der Waals surface area (Å²) in [5.74, 6) is 1.01. The number of rotatable bonds is 5. The molecule has 0 amide bonds. The van der Waals surface area contributed by atoms with Crippen molar-refractivity contribution in [1.29, 1.82) is 0 Å². The van der Waals surface area contributed by atoms with E-state index in [1.165, 1.54) is 11.1 Å². The Morgan fingerprint density at radius 2 is 1.89 bits per heavy atom. The summed E-state index contributed by atoms with van der Waals surface area (Å²) < 4.78 is 5.37. The number of fused-ring (bicyclic) bond motifs is 1. The largest absolute Gasteiger partial charge is 0.379 e. The van der Waals surface area contributed by atoms with E-state index in [2.05, 4.69) is 55.7 Å². The van der Waals surface area contributed by atoms with Gasteiger partial charge in [-0.05, 0) is 41.9 Å². The van der Waals surface area contributed by atoms with Crippen LogP contribution in [0, 0.1) is 0 Å². The topological polar surface area (TPSA) is 52.7 Å². The highest BCUT2D eigenvalue weighted by atomic mass is 32.1. The normalized spacial score (nSPS) is 17.1. The summed E-state index contributed by atoms with van der Waals surface area (Å²) in [5, 5.41) is 7.12. The summed E-state index contributed by atoms with van der Waals surface area (Å²) in [5.41, 5.74) is 3.75. The van der Waals surface area contributed by atoms with Crippen LogP contribution in [-0.2, 0) is 17.7 Å². The summed E-state index contributed by atoms with van der Waals surface area (Å²) in [6, 6.07) is 12.8. The van der Waals surface area contributed by atoms with Crippen LogP contribution in [0.1, 0.15) is 11.1 Å². The standard InChI is InChI=1S/C21H27N5OS/c28-21(22-8-10-25-11-13-27-14-12-25)24-19-5-6-20(23-15-19)26-9-7-17-3-1-2-4-18(17)16-26/h1-6,15H,7-14,16H2,(H2,22,24,28). The number of pyridine rings is 1. The molecule has 148 valence electrons. The van der Waals surface area contributed by atoms with Gasteiger partial charge in [0.2, 0.25) is 0 Å². The molecule has 1 aromatic carbocycles. The third-order valence-corrected chi connectivity index (χ3v) is 5.52. The first-order valence-corrected chi connectivity index (χ1v) is 10.3. The Labute approximate surface area is 171 Å². The van der Waals surface area contributed by atoms with Gasteiger partial charge < -0.3 is 20.3 Å². The molecule has 28 heavy (non-hydrogen) atoms. The van der Waals surface area contributed by atoms with Gasteiger partial charge in [-0.3, -0.25) is 4.90 Å². The number of hydrogen-bond donors (Lipinski definition) is 2. The average Bonchev–Trinajstić information content (AvgIpc) is 2.75. The lowest BCUT2D eigenvalue weighted by atomic mass is 10.00. The van der Waals surface area contributed by atoms with Crippen molar-refractivity contribution in [2.24, 2.45) is 0 Å². The van der Waals surface area contributed by atoms with E-state index in [-0.39, 0.29) is 0 Å². The van der Waals surface area contributed by atoms with E-state index in [4.69, 9.17) is 17.0 Å². The molecule has 0 radical (unpaired) electrons. The zero-order chi connectivity index (χ0) is 19.2. The quantitative estimate of drug-likeness (QED) is 0.751. The SMILES string of the molecule is S=C(NCCN1CCOCC1)Nc1ccc(N2CCc3ccccc3C2)nc1. The number of ether oxygens (including phenoxy) is 1. The number of hydrogen-bond acceptors (Lipinski definition) is 5. The molecule has 0 bridgehead atoms. The van der Waals surface area contributed by atoms with Crippen LogP contribution in [-0.4, -0.2) is 60.9 Å². The predicted molar refractivity (Wildman–Crippen MR) is 117 cm³/mol. The van der Waals surface area contributed by atoms with Crippen LogP contribution >= 0.6 is 12.2 Å². The van der Waals surface area contributed by atoms with Gasteiger partial charge in [-0.1, -0.05) is 24.3 Å². The number of benzene rings is 1. The van der Waals surface area contributed by atoms with E-state index in [0.717, 1.165) is 70.4 Å². The Morgan fingerprint density at radius 1 is 1.07 bits per heavy atom. The van der Waals surface area contributed by atoms with Gasteiger partial charge in [0.1, 0.15) is 5.82 Å². The van der Waals surface area contributed by atoms with E-state index in [9.17, 15) is 0 Å². The zero-order valence-electron chi connectivity index (χ0n) is 16.1. The first-order valence-electron chi connectivity index (χ1n) is 9.91. The minimum absolute atomic E-state index is 0.634. The van der Waals surface area contributed by atoms with Crippen LogP contribution < -0.4 is 15.5 Å². The van der Waals surface area contributed by atoms with Crippen LogP contribution in [0.3, 0.4) is 0 Å². The summed E-state index contributed by atoms with van der Waals surface area (Å²) >= 11 is 5.40. The number of morpholine rings is 1. The van der Waals surface area contributed by atoms with Crippen molar-refractivity contribution in [1.82, 2.24) is 15.2 Å². The van der Waals surface area contributed by atoms with Gasteiger partial charge in [-0.15, -0.1) is 0 Å².